The number of hydrogen-bond donors (Lipinski definition) is 3. The molecule has 6 heteroatoms. The van der Waals surface area contributed by atoms with Gasteiger partial charge in [-0.15, -0.1) is 11.3 Å². The zero-order valence-electron chi connectivity index (χ0n) is 12.2. The second kappa shape index (κ2) is 7.15. The van der Waals surface area contributed by atoms with Crippen molar-refractivity contribution in [2.24, 2.45) is 0 Å². The molecule has 3 rings (SSSR count). The SMILES string of the molecule is O=C(NCCS)C1CCCc2sc(Nc3ccccc3)nc21. The highest BCUT2D eigenvalue weighted by Gasteiger charge is 2.30. The van der Waals surface area contributed by atoms with Crippen molar-refractivity contribution in [2.75, 3.05) is 17.6 Å². The summed E-state index contributed by atoms with van der Waals surface area (Å²) < 4.78 is 0. The molecule has 22 heavy (non-hydrogen) atoms. The second-order valence-corrected chi connectivity index (χ2v) is 6.81. The van der Waals surface area contributed by atoms with E-state index in [1.165, 1.54) is 4.88 Å². The van der Waals surface area contributed by atoms with Crippen LogP contribution >= 0.6 is 24.0 Å². The predicted molar refractivity (Wildman–Crippen MR) is 94.4 cm³/mol. The molecule has 1 heterocycles. The molecule has 0 radical (unpaired) electrons. The molecule has 0 saturated carbocycles. The molecule has 2 aromatic rings. The van der Waals surface area contributed by atoms with Crippen LogP contribution in [-0.2, 0) is 11.2 Å². The fourth-order valence-corrected chi connectivity index (χ4v) is 3.87. The summed E-state index contributed by atoms with van der Waals surface area (Å²) in [5.41, 5.74) is 1.97. The highest BCUT2D eigenvalue weighted by molar-refractivity contribution is 7.80. The van der Waals surface area contributed by atoms with Gasteiger partial charge < -0.3 is 10.6 Å². The number of hydrogen-bond acceptors (Lipinski definition) is 5. The zero-order chi connectivity index (χ0) is 15.4. The van der Waals surface area contributed by atoms with Crippen molar-refractivity contribution in [1.82, 2.24) is 10.3 Å². The Labute approximate surface area is 139 Å². The Morgan fingerprint density at radius 1 is 1.36 bits per heavy atom. The van der Waals surface area contributed by atoms with E-state index in [2.05, 4.69) is 28.2 Å². The highest BCUT2D eigenvalue weighted by Crippen LogP contribution is 2.37. The van der Waals surface area contributed by atoms with E-state index in [1.54, 1.807) is 11.3 Å². The number of benzene rings is 1. The summed E-state index contributed by atoms with van der Waals surface area (Å²) in [5.74, 6) is 0.612. The minimum atomic E-state index is -0.119. The van der Waals surface area contributed by atoms with Crippen molar-refractivity contribution in [2.45, 2.75) is 25.2 Å². The molecule has 0 bridgehead atoms. The molecule has 1 aromatic heterocycles. The number of thiazole rings is 1. The van der Waals surface area contributed by atoms with Crippen LogP contribution in [0.1, 0.15) is 29.3 Å². The van der Waals surface area contributed by atoms with Crippen LogP contribution in [-0.4, -0.2) is 23.2 Å². The van der Waals surface area contributed by atoms with Crippen LogP contribution in [0, 0.1) is 0 Å². The van der Waals surface area contributed by atoms with Crippen LogP contribution in [0.4, 0.5) is 10.8 Å². The van der Waals surface area contributed by atoms with E-state index in [0.717, 1.165) is 35.8 Å². The summed E-state index contributed by atoms with van der Waals surface area (Å²) >= 11 is 5.79. The van der Waals surface area contributed by atoms with Crippen LogP contribution in [0.5, 0.6) is 0 Å². The van der Waals surface area contributed by atoms with Gasteiger partial charge in [-0.2, -0.15) is 12.6 Å². The molecule has 1 aromatic carbocycles. The zero-order valence-corrected chi connectivity index (χ0v) is 13.9. The number of carbonyl (C=O) groups excluding carboxylic acids is 1. The number of amides is 1. The summed E-state index contributed by atoms with van der Waals surface area (Å²) in [6.45, 7) is 0.604. The number of nitrogens with zero attached hydrogens (tertiary/aromatic N) is 1. The Morgan fingerprint density at radius 3 is 2.95 bits per heavy atom. The molecule has 1 atom stereocenters. The molecule has 1 aliphatic rings. The normalized spacial score (nSPS) is 16.9. The maximum Gasteiger partial charge on any atom is 0.229 e. The van der Waals surface area contributed by atoms with Gasteiger partial charge in [0.05, 0.1) is 11.6 Å². The van der Waals surface area contributed by atoms with Crippen molar-refractivity contribution >= 4 is 40.7 Å². The first kappa shape index (κ1) is 15.4. The van der Waals surface area contributed by atoms with E-state index in [9.17, 15) is 4.79 Å². The molecule has 4 nitrogen and oxygen atoms in total. The first-order valence-electron chi connectivity index (χ1n) is 7.48. The van der Waals surface area contributed by atoms with E-state index in [1.807, 2.05) is 30.3 Å². The number of fused-ring (bicyclic) bond motifs is 1. The minimum Gasteiger partial charge on any atom is -0.355 e. The number of rotatable bonds is 5. The van der Waals surface area contributed by atoms with Crippen molar-refractivity contribution < 1.29 is 4.79 Å². The molecular weight excluding hydrogens is 314 g/mol. The van der Waals surface area contributed by atoms with E-state index in [4.69, 9.17) is 0 Å². The topological polar surface area (TPSA) is 54.0 Å². The largest absolute Gasteiger partial charge is 0.355 e. The summed E-state index contributed by atoms with van der Waals surface area (Å²) in [5, 5.41) is 7.12. The van der Waals surface area contributed by atoms with Gasteiger partial charge in [-0.1, -0.05) is 18.2 Å². The Morgan fingerprint density at radius 2 is 2.18 bits per heavy atom. The van der Waals surface area contributed by atoms with Gasteiger partial charge in [0.2, 0.25) is 5.91 Å². The predicted octanol–water partition coefficient (Wildman–Crippen LogP) is 3.35. The van der Waals surface area contributed by atoms with E-state index in [-0.39, 0.29) is 11.8 Å². The third-order valence-electron chi connectivity index (χ3n) is 3.71. The Kier molecular flexibility index (Phi) is 5.00. The Balaban J connectivity index is 1.78. The van der Waals surface area contributed by atoms with Crippen LogP contribution in [0.15, 0.2) is 30.3 Å². The fraction of sp³-hybridized carbons (Fsp3) is 0.375. The quantitative estimate of drug-likeness (QED) is 0.736. The number of anilines is 2. The lowest BCUT2D eigenvalue weighted by atomic mass is 9.90. The number of aromatic nitrogens is 1. The molecule has 2 N–H and O–H groups in total. The lowest BCUT2D eigenvalue weighted by Gasteiger charge is -2.20. The molecular formula is C16H19N3OS2. The van der Waals surface area contributed by atoms with E-state index in [0.29, 0.717) is 12.3 Å². The van der Waals surface area contributed by atoms with Crippen LogP contribution in [0.25, 0.3) is 0 Å². The van der Waals surface area contributed by atoms with Crippen LogP contribution in [0.2, 0.25) is 0 Å². The third kappa shape index (κ3) is 3.44. The monoisotopic (exact) mass is 333 g/mol. The number of nitrogens with one attached hydrogen (secondary N) is 2. The molecule has 0 fully saturated rings. The lowest BCUT2D eigenvalue weighted by Crippen LogP contribution is -2.32. The minimum absolute atomic E-state index is 0.0755. The fourth-order valence-electron chi connectivity index (χ4n) is 2.67. The van der Waals surface area contributed by atoms with Crippen molar-refractivity contribution in [3.05, 3.63) is 40.9 Å². The van der Waals surface area contributed by atoms with Gasteiger partial charge >= 0.3 is 0 Å². The molecule has 0 spiro atoms. The smallest absolute Gasteiger partial charge is 0.229 e. The molecule has 0 aliphatic heterocycles. The van der Waals surface area contributed by atoms with Gasteiger partial charge in [0.1, 0.15) is 0 Å². The third-order valence-corrected chi connectivity index (χ3v) is 4.98. The van der Waals surface area contributed by atoms with Gasteiger partial charge in [0.15, 0.2) is 5.13 Å². The summed E-state index contributed by atoms with van der Waals surface area (Å²) in [4.78, 5) is 18.2. The molecule has 1 amide bonds. The summed E-state index contributed by atoms with van der Waals surface area (Å²) in [6, 6.07) is 9.99. The molecule has 1 unspecified atom stereocenters. The number of aryl methyl sites for hydroxylation is 1. The van der Waals surface area contributed by atoms with Gasteiger partial charge in [0.25, 0.3) is 0 Å². The number of para-hydroxylation sites is 1. The van der Waals surface area contributed by atoms with Crippen molar-refractivity contribution in [3.63, 3.8) is 0 Å². The van der Waals surface area contributed by atoms with Gasteiger partial charge in [0, 0.05) is 22.9 Å². The average Bonchev–Trinajstić information content (AvgIpc) is 2.95. The molecule has 0 saturated heterocycles. The number of thiol groups is 1. The number of carbonyl (C=O) groups is 1. The lowest BCUT2D eigenvalue weighted by molar-refractivity contribution is -0.122. The van der Waals surface area contributed by atoms with Crippen molar-refractivity contribution in [1.29, 1.82) is 0 Å². The van der Waals surface area contributed by atoms with E-state index < -0.39 is 0 Å². The maximum atomic E-state index is 12.3. The van der Waals surface area contributed by atoms with Gasteiger partial charge in [-0.05, 0) is 31.4 Å². The standard InChI is InChI=1S/C16H19N3OS2/c20-15(17-9-10-21)12-7-4-8-13-14(12)19-16(22-13)18-11-5-2-1-3-6-11/h1-3,5-6,12,21H,4,7-10H2,(H,17,20)(H,18,19). The molecule has 1 aliphatic carbocycles. The molecule has 116 valence electrons. The second-order valence-electron chi connectivity index (χ2n) is 5.28. The van der Waals surface area contributed by atoms with Gasteiger partial charge in [-0.3, -0.25) is 4.79 Å². The van der Waals surface area contributed by atoms with Crippen LogP contribution < -0.4 is 10.6 Å². The first-order valence-corrected chi connectivity index (χ1v) is 8.93. The Hall–Kier alpha value is -1.53. The summed E-state index contributed by atoms with van der Waals surface area (Å²) in [7, 11) is 0. The Bertz CT molecular complexity index is 642. The maximum absolute atomic E-state index is 12.3. The summed E-state index contributed by atoms with van der Waals surface area (Å²) in [6.07, 6.45) is 2.93. The first-order chi connectivity index (χ1) is 10.8. The average molecular weight is 333 g/mol. The van der Waals surface area contributed by atoms with Gasteiger partial charge in [-0.25, -0.2) is 4.98 Å². The van der Waals surface area contributed by atoms with Crippen molar-refractivity contribution in [3.8, 4) is 0 Å². The van der Waals surface area contributed by atoms with E-state index >= 15 is 0 Å². The van der Waals surface area contributed by atoms with Crippen LogP contribution in [0.3, 0.4) is 0 Å². The highest BCUT2D eigenvalue weighted by atomic mass is 32.1.